The van der Waals surface area contributed by atoms with E-state index < -0.39 is 35.8 Å². The van der Waals surface area contributed by atoms with Crippen molar-refractivity contribution in [1.29, 1.82) is 0 Å². The third kappa shape index (κ3) is 4.27. The number of nitro benzene ring substituents is 1. The minimum atomic E-state index is -1.30. The van der Waals surface area contributed by atoms with Crippen LogP contribution in [0, 0.1) is 17.0 Å². The molecule has 21 heavy (non-hydrogen) atoms. The molecule has 0 heterocycles. The minimum absolute atomic E-state index is 0.0723. The van der Waals surface area contributed by atoms with E-state index in [-0.39, 0.29) is 11.3 Å². The first-order valence-corrected chi connectivity index (χ1v) is 5.76. The molecule has 2 amide bonds. The van der Waals surface area contributed by atoms with Crippen LogP contribution in [0.3, 0.4) is 0 Å². The van der Waals surface area contributed by atoms with E-state index in [1.807, 2.05) is 0 Å². The molecule has 9 nitrogen and oxygen atoms in total. The summed E-state index contributed by atoms with van der Waals surface area (Å²) in [5, 5.41) is 19.4. The first-order chi connectivity index (χ1) is 9.72. The van der Waals surface area contributed by atoms with Gasteiger partial charge in [-0.15, -0.1) is 0 Å². The Labute approximate surface area is 119 Å². The van der Waals surface area contributed by atoms with Gasteiger partial charge in [0.2, 0.25) is 5.91 Å². The Hall–Kier alpha value is -2.97. The molecule has 0 aromatic heterocycles. The predicted molar refractivity (Wildman–Crippen MR) is 70.6 cm³/mol. The highest BCUT2D eigenvalue weighted by atomic mass is 16.6. The second-order valence-corrected chi connectivity index (χ2v) is 4.28. The van der Waals surface area contributed by atoms with Crippen LogP contribution < -0.4 is 5.73 Å². The van der Waals surface area contributed by atoms with Gasteiger partial charge in [0.05, 0.1) is 4.92 Å². The van der Waals surface area contributed by atoms with Crippen molar-refractivity contribution in [2.75, 3.05) is 13.1 Å². The quantitative estimate of drug-likeness (QED) is 0.554. The van der Waals surface area contributed by atoms with Crippen LogP contribution in [-0.2, 0) is 9.59 Å². The molecule has 1 aromatic rings. The molecule has 0 radical (unpaired) electrons. The second kappa shape index (κ2) is 6.46. The van der Waals surface area contributed by atoms with Crippen molar-refractivity contribution < 1.29 is 24.4 Å². The number of benzene rings is 1. The summed E-state index contributed by atoms with van der Waals surface area (Å²) in [6.07, 6.45) is 0. The number of hydrogen-bond donors (Lipinski definition) is 2. The first kappa shape index (κ1) is 16.1. The molecule has 1 aromatic carbocycles. The maximum atomic E-state index is 12.2. The molecule has 0 unspecified atom stereocenters. The Balaban J connectivity index is 3.11. The summed E-state index contributed by atoms with van der Waals surface area (Å²) in [5.41, 5.74) is 5.15. The molecule has 0 aliphatic carbocycles. The third-order valence-electron chi connectivity index (χ3n) is 2.61. The molecular weight excluding hydrogens is 282 g/mol. The SMILES string of the molecule is Cc1cc([N+](=O)[O-])ccc1C(=O)N(CC(N)=O)CC(=O)O. The van der Waals surface area contributed by atoms with Crippen molar-refractivity contribution in [2.24, 2.45) is 5.73 Å². The second-order valence-electron chi connectivity index (χ2n) is 4.28. The number of nitrogens with two attached hydrogens (primary N) is 1. The van der Waals surface area contributed by atoms with E-state index >= 15 is 0 Å². The zero-order valence-corrected chi connectivity index (χ0v) is 11.1. The van der Waals surface area contributed by atoms with Gasteiger partial charge >= 0.3 is 5.97 Å². The van der Waals surface area contributed by atoms with Crippen LogP contribution in [0.25, 0.3) is 0 Å². The van der Waals surface area contributed by atoms with E-state index in [1.165, 1.54) is 19.1 Å². The van der Waals surface area contributed by atoms with Crippen molar-refractivity contribution in [3.05, 3.63) is 39.4 Å². The topological polar surface area (TPSA) is 144 Å². The molecule has 112 valence electrons. The highest BCUT2D eigenvalue weighted by molar-refractivity contribution is 5.99. The number of primary amides is 1. The summed E-state index contributed by atoms with van der Waals surface area (Å²) in [4.78, 5) is 44.6. The van der Waals surface area contributed by atoms with Crippen LogP contribution in [0.15, 0.2) is 18.2 Å². The fourth-order valence-corrected chi connectivity index (χ4v) is 1.72. The number of aliphatic carboxylic acids is 1. The molecule has 0 spiro atoms. The summed E-state index contributed by atoms with van der Waals surface area (Å²) in [5.74, 6) is -2.89. The molecule has 0 saturated carbocycles. The average Bonchev–Trinajstić information content (AvgIpc) is 2.35. The van der Waals surface area contributed by atoms with Gasteiger partial charge in [-0.3, -0.25) is 24.5 Å². The highest BCUT2D eigenvalue weighted by Crippen LogP contribution is 2.18. The van der Waals surface area contributed by atoms with Gasteiger partial charge in [0.25, 0.3) is 11.6 Å². The molecule has 0 atom stereocenters. The van der Waals surface area contributed by atoms with Crippen LogP contribution in [0.2, 0.25) is 0 Å². The summed E-state index contributed by atoms with van der Waals surface area (Å²) in [7, 11) is 0. The molecule has 1 rings (SSSR count). The molecule has 9 heteroatoms. The minimum Gasteiger partial charge on any atom is -0.480 e. The fraction of sp³-hybridized carbons (Fsp3) is 0.250. The molecule has 0 aliphatic rings. The Morgan fingerprint density at radius 2 is 1.95 bits per heavy atom. The number of carboxylic acids is 1. The molecule has 0 aliphatic heterocycles. The van der Waals surface area contributed by atoms with Crippen molar-refractivity contribution in [3.63, 3.8) is 0 Å². The number of nitro groups is 1. The van der Waals surface area contributed by atoms with E-state index in [4.69, 9.17) is 10.8 Å². The molecular formula is C12H13N3O6. The van der Waals surface area contributed by atoms with Crippen LogP contribution >= 0.6 is 0 Å². The standard InChI is InChI=1S/C12H13N3O6/c1-7-4-8(15(20)21)2-3-9(7)12(19)14(5-10(13)16)6-11(17)18/h2-4H,5-6H2,1H3,(H2,13,16)(H,17,18). The molecule has 0 bridgehead atoms. The Kier molecular flexibility index (Phi) is 4.95. The number of non-ortho nitro benzene ring substituents is 1. The van der Waals surface area contributed by atoms with Crippen LogP contribution in [-0.4, -0.2) is 45.8 Å². The smallest absolute Gasteiger partial charge is 0.323 e. The summed E-state index contributed by atoms with van der Waals surface area (Å²) in [6.45, 7) is 0.225. The van der Waals surface area contributed by atoms with Gasteiger partial charge in [-0.1, -0.05) is 0 Å². The van der Waals surface area contributed by atoms with E-state index in [9.17, 15) is 24.5 Å². The maximum Gasteiger partial charge on any atom is 0.323 e. The number of hydrogen-bond acceptors (Lipinski definition) is 5. The number of amides is 2. The number of carbonyl (C=O) groups is 3. The summed E-state index contributed by atoms with van der Waals surface area (Å²) in [6, 6.07) is 3.53. The van der Waals surface area contributed by atoms with E-state index in [2.05, 4.69) is 0 Å². The lowest BCUT2D eigenvalue weighted by Gasteiger charge is -2.19. The third-order valence-corrected chi connectivity index (χ3v) is 2.61. The van der Waals surface area contributed by atoms with Crippen molar-refractivity contribution in [3.8, 4) is 0 Å². The van der Waals surface area contributed by atoms with Crippen LogP contribution in [0.5, 0.6) is 0 Å². The molecule has 0 saturated heterocycles. The summed E-state index contributed by atoms with van der Waals surface area (Å²) < 4.78 is 0. The van der Waals surface area contributed by atoms with Gasteiger partial charge in [0.1, 0.15) is 13.1 Å². The van der Waals surface area contributed by atoms with Gasteiger partial charge < -0.3 is 15.7 Å². The lowest BCUT2D eigenvalue weighted by molar-refractivity contribution is -0.384. The number of aryl methyl sites for hydroxylation is 1. The summed E-state index contributed by atoms with van der Waals surface area (Å²) >= 11 is 0. The normalized spacial score (nSPS) is 9.95. The largest absolute Gasteiger partial charge is 0.480 e. The van der Waals surface area contributed by atoms with Crippen molar-refractivity contribution in [2.45, 2.75) is 6.92 Å². The van der Waals surface area contributed by atoms with Crippen molar-refractivity contribution >= 4 is 23.5 Å². The van der Waals surface area contributed by atoms with Crippen LogP contribution in [0.4, 0.5) is 5.69 Å². The molecule has 0 fully saturated rings. The number of nitrogens with zero attached hydrogens (tertiary/aromatic N) is 2. The zero-order valence-electron chi connectivity index (χ0n) is 11.1. The van der Waals surface area contributed by atoms with Crippen LogP contribution in [0.1, 0.15) is 15.9 Å². The average molecular weight is 295 g/mol. The monoisotopic (exact) mass is 295 g/mol. The fourth-order valence-electron chi connectivity index (χ4n) is 1.72. The van der Waals surface area contributed by atoms with Gasteiger partial charge in [-0.25, -0.2) is 0 Å². The lowest BCUT2D eigenvalue weighted by atomic mass is 10.1. The predicted octanol–water partition coefficient (Wildman–Crippen LogP) is -0.0847. The van der Waals surface area contributed by atoms with Gasteiger partial charge in [-0.05, 0) is 18.6 Å². The van der Waals surface area contributed by atoms with Crippen molar-refractivity contribution in [1.82, 2.24) is 4.90 Å². The Morgan fingerprint density at radius 1 is 1.33 bits per heavy atom. The van der Waals surface area contributed by atoms with Gasteiger partial charge in [0, 0.05) is 17.7 Å². The number of carboxylic acid groups (broad SMARTS) is 1. The molecule has 3 N–H and O–H groups in total. The Morgan fingerprint density at radius 3 is 2.38 bits per heavy atom. The maximum absolute atomic E-state index is 12.2. The number of carbonyl (C=O) groups excluding carboxylic acids is 2. The number of rotatable bonds is 6. The lowest BCUT2D eigenvalue weighted by Crippen LogP contribution is -2.41. The Bertz CT molecular complexity index is 597. The zero-order chi connectivity index (χ0) is 16.2. The first-order valence-electron chi connectivity index (χ1n) is 5.76. The van der Waals surface area contributed by atoms with Gasteiger partial charge in [-0.2, -0.15) is 0 Å². The van der Waals surface area contributed by atoms with E-state index in [1.54, 1.807) is 0 Å². The van der Waals surface area contributed by atoms with Gasteiger partial charge in [0.15, 0.2) is 0 Å². The highest BCUT2D eigenvalue weighted by Gasteiger charge is 2.22. The van der Waals surface area contributed by atoms with E-state index in [0.717, 1.165) is 11.0 Å². The van der Waals surface area contributed by atoms with E-state index in [0.29, 0.717) is 5.56 Å².